The van der Waals surface area contributed by atoms with E-state index in [4.69, 9.17) is 16.3 Å². The van der Waals surface area contributed by atoms with Crippen molar-refractivity contribution in [3.8, 4) is 0 Å². The number of benzene rings is 2. The van der Waals surface area contributed by atoms with Gasteiger partial charge < -0.3 is 10.1 Å². The minimum Gasteiger partial charge on any atom is -0.452 e. The predicted octanol–water partition coefficient (Wildman–Crippen LogP) is 3.04. The molecule has 0 aliphatic heterocycles. The van der Waals surface area contributed by atoms with E-state index in [0.29, 0.717) is 12.1 Å². The first kappa shape index (κ1) is 17.8. The summed E-state index contributed by atoms with van der Waals surface area (Å²) < 4.78 is 19.7. The lowest BCUT2D eigenvalue weighted by molar-refractivity contribution is -0.119. The molecule has 1 aromatic heterocycles. The second-order valence-corrected chi connectivity index (χ2v) is 5.76. The zero-order valence-corrected chi connectivity index (χ0v) is 14.5. The minimum atomic E-state index is -0.668. The maximum Gasteiger partial charge on any atom is 0.338 e. The van der Waals surface area contributed by atoms with Crippen LogP contribution in [0.5, 0.6) is 0 Å². The molecule has 0 atom stereocenters. The molecule has 0 saturated heterocycles. The van der Waals surface area contributed by atoms with E-state index in [1.807, 2.05) is 6.92 Å². The van der Waals surface area contributed by atoms with Crippen molar-refractivity contribution >= 4 is 40.2 Å². The number of amides is 1. The number of hydrogen-bond donors (Lipinski definition) is 1. The number of carbonyl (C=O) groups is 2. The maximum atomic E-state index is 13.0. The van der Waals surface area contributed by atoms with Crippen molar-refractivity contribution < 1.29 is 18.7 Å². The Labute approximate surface area is 152 Å². The number of rotatable bonds is 5. The fourth-order valence-electron chi connectivity index (χ4n) is 2.32. The number of anilines is 1. The molecule has 0 unspecified atom stereocenters. The van der Waals surface area contributed by atoms with Crippen molar-refractivity contribution in [1.29, 1.82) is 0 Å². The van der Waals surface area contributed by atoms with Crippen LogP contribution < -0.4 is 5.32 Å². The van der Waals surface area contributed by atoms with Gasteiger partial charge in [0.15, 0.2) is 6.61 Å². The van der Waals surface area contributed by atoms with Crippen LogP contribution in [0, 0.1) is 5.82 Å². The lowest BCUT2D eigenvalue weighted by atomic mass is 10.2. The van der Waals surface area contributed by atoms with Gasteiger partial charge in [0.05, 0.1) is 21.8 Å². The molecule has 0 spiro atoms. The summed E-state index contributed by atoms with van der Waals surface area (Å²) in [7, 11) is 0. The standard InChI is InChI=1S/C17H14ClFN4O3/c1-2-23-15-6-3-10(7-14(15)21-22-23)17(25)26-9-16(24)20-13-5-4-11(19)8-12(13)18/h3-8H,2,9H2,1H3,(H,20,24). The highest BCUT2D eigenvalue weighted by Gasteiger charge is 2.14. The molecule has 9 heteroatoms. The number of nitrogens with one attached hydrogen (secondary N) is 1. The summed E-state index contributed by atoms with van der Waals surface area (Å²) in [6.07, 6.45) is 0. The van der Waals surface area contributed by atoms with Gasteiger partial charge in [-0.15, -0.1) is 5.10 Å². The number of aryl methyl sites for hydroxylation is 1. The lowest BCUT2D eigenvalue weighted by Gasteiger charge is -2.08. The largest absolute Gasteiger partial charge is 0.452 e. The Bertz CT molecular complexity index is 989. The fraction of sp³-hybridized carbons (Fsp3) is 0.176. The van der Waals surface area contributed by atoms with Gasteiger partial charge in [-0.1, -0.05) is 16.8 Å². The SMILES string of the molecule is CCn1nnc2cc(C(=O)OCC(=O)Nc3ccc(F)cc3Cl)ccc21. The summed E-state index contributed by atoms with van der Waals surface area (Å²) in [5.74, 6) is -1.78. The molecule has 134 valence electrons. The number of halogens is 2. The van der Waals surface area contributed by atoms with Gasteiger partial charge in [-0.3, -0.25) is 4.79 Å². The third-order valence-corrected chi connectivity index (χ3v) is 3.90. The van der Waals surface area contributed by atoms with Gasteiger partial charge in [0.2, 0.25) is 0 Å². The Kier molecular flexibility index (Phi) is 5.13. The monoisotopic (exact) mass is 376 g/mol. The van der Waals surface area contributed by atoms with Crippen molar-refractivity contribution in [2.45, 2.75) is 13.5 Å². The van der Waals surface area contributed by atoms with Gasteiger partial charge in [0.1, 0.15) is 11.3 Å². The van der Waals surface area contributed by atoms with Crippen LogP contribution in [0.2, 0.25) is 5.02 Å². The maximum absolute atomic E-state index is 13.0. The number of carbonyl (C=O) groups excluding carboxylic acids is 2. The zero-order valence-electron chi connectivity index (χ0n) is 13.7. The molecule has 0 saturated carbocycles. The average Bonchev–Trinajstić information content (AvgIpc) is 3.04. The summed E-state index contributed by atoms with van der Waals surface area (Å²) in [6.45, 7) is 2.08. The normalized spacial score (nSPS) is 10.7. The summed E-state index contributed by atoms with van der Waals surface area (Å²) >= 11 is 5.82. The van der Waals surface area contributed by atoms with Gasteiger partial charge in [-0.2, -0.15) is 0 Å². The van der Waals surface area contributed by atoms with Gasteiger partial charge >= 0.3 is 5.97 Å². The molecule has 1 heterocycles. The van der Waals surface area contributed by atoms with Crippen molar-refractivity contribution in [2.24, 2.45) is 0 Å². The molecule has 0 aliphatic rings. The van der Waals surface area contributed by atoms with E-state index in [2.05, 4.69) is 15.6 Å². The summed E-state index contributed by atoms with van der Waals surface area (Å²) in [4.78, 5) is 24.0. The topological polar surface area (TPSA) is 86.1 Å². The van der Waals surface area contributed by atoms with E-state index < -0.39 is 24.3 Å². The second kappa shape index (κ2) is 7.49. The number of ether oxygens (including phenoxy) is 1. The Morgan fingerprint density at radius 1 is 1.27 bits per heavy atom. The van der Waals surface area contributed by atoms with Gasteiger partial charge in [0, 0.05) is 6.54 Å². The molecule has 0 fully saturated rings. The van der Waals surface area contributed by atoms with Crippen molar-refractivity contribution in [3.63, 3.8) is 0 Å². The van der Waals surface area contributed by atoms with E-state index in [0.717, 1.165) is 17.6 Å². The number of hydrogen-bond acceptors (Lipinski definition) is 5. The molecule has 7 nitrogen and oxygen atoms in total. The molecule has 0 radical (unpaired) electrons. The van der Waals surface area contributed by atoms with Crippen LogP contribution in [0.25, 0.3) is 11.0 Å². The zero-order chi connectivity index (χ0) is 18.7. The molecule has 1 N–H and O–H groups in total. The van der Waals surface area contributed by atoms with Crippen LogP contribution in [0.1, 0.15) is 17.3 Å². The van der Waals surface area contributed by atoms with Crippen molar-refractivity contribution in [3.05, 3.63) is 52.8 Å². The van der Waals surface area contributed by atoms with Crippen LogP contribution in [0.15, 0.2) is 36.4 Å². The summed E-state index contributed by atoms with van der Waals surface area (Å²) in [5.41, 5.74) is 1.84. The number of fused-ring (bicyclic) bond motifs is 1. The van der Waals surface area contributed by atoms with Crippen LogP contribution in [-0.4, -0.2) is 33.5 Å². The third kappa shape index (κ3) is 3.80. The highest BCUT2D eigenvalue weighted by Crippen LogP contribution is 2.22. The third-order valence-electron chi connectivity index (χ3n) is 3.59. The van der Waals surface area contributed by atoms with Crippen molar-refractivity contribution in [1.82, 2.24) is 15.0 Å². The Morgan fingerprint density at radius 3 is 2.81 bits per heavy atom. The van der Waals surface area contributed by atoms with Crippen LogP contribution in [0.4, 0.5) is 10.1 Å². The predicted molar refractivity (Wildman–Crippen MR) is 93.5 cm³/mol. The van der Waals surface area contributed by atoms with Gasteiger partial charge in [-0.25, -0.2) is 13.9 Å². The Balaban J connectivity index is 1.62. The Hall–Kier alpha value is -3.00. The summed E-state index contributed by atoms with van der Waals surface area (Å²) in [6, 6.07) is 8.39. The molecule has 3 aromatic rings. The summed E-state index contributed by atoms with van der Waals surface area (Å²) in [5, 5.41) is 10.4. The fourth-order valence-corrected chi connectivity index (χ4v) is 2.54. The van der Waals surface area contributed by atoms with E-state index in [1.165, 1.54) is 6.07 Å². The Morgan fingerprint density at radius 2 is 2.08 bits per heavy atom. The van der Waals surface area contributed by atoms with Crippen LogP contribution in [-0.2, 0) is 16.1 Å². The number of aromatic nitrogens is 3. The van der Waals surface area contributed by atoms with Crippen LogP contribution in [0.3, 0.4) is 0 Å². The molecule has 2 aromatic carbocycles. The van der Waals surface area contributed by atoms with Gasteiger partial charge in [-0.05, 0) is 43.3 Å². The van der Waals surface area contributed by atoms with E-state index in [9.17, 15) is 14.0 Å². The number of nitrogens with zero attached hydrogens (tertiary/aromatic N) is 3. The smallest absolute Gasteiger partial charge is 0.338 e. The molecule has 3 rings (SSSR count). The molecule has 0 aliphatic carbocycles. The van der Waals surface area contributed by atoms with Gasteiger partial charge in [0.25, 0.3) is 5.91 Å². The molecule has 26 heavy (non-hydrogen) atoms. The molecule has 1 amide bonds. The average molecular weight is 377 g/mol. The second-order valence-electron chi connectivity index (χ2n) is 5.36. The molecular weight excluding hydrogens is 363 g/mol. The first-order valence-corrected chi connectivity index (χ1v) is 8.11. The quantitative estimate of drug-likeness (QED) is 0.692. The van der Waals surface area contributed by atoms with Crippen LogP contribution >= 0.6 is 11.6 Å². The highest BCUT2D eigenvalue weighted by atomic mass is 35.5. The molecule has 0 bridgehead atoms. The number of esters is 1. The van der Waals surface area contributed by atoms with Crippen molar-refractivity contribution in [2.75, 3.05) is 11.9 Å². The first-order valence-electron chi connectivity index (χ1n) is 7.73. The first-order chi connectivity index (χ1) is 12.5. The molecular formula is C17H14ClFN4O3. The minimum absolute atomic E-state index is 0.0501. The lowest BCUT2D eigenvalue weighted by Crippen LogP contribution is -2.21. The van der Waals surface area contributed by atoms with E-state index >= 15 is 0 Å². The van der Waals surface area contributed by atoms with E-state index in [-0.39, 0.29) is 16.3 Å². The van der Waals surface area contributed by atoms with E-state index in [1.54, 1.807) is 22.9 Å². The highest BCUT2D eigenvalue weighted by molar-refractivity contribution is 6.33.